The van der Waals surface area contributed by atoms with Gasteiger partial charge in [-0.15, -0.1) is 0 Å². The maximum absolute atomic E-state index is 12.6. The monoisotopic (exact) mass is 317 g/mol. The maximum atomic E-state index is 12.6. The predicted octanol–water partition coefficient (Wildman–Crippen LogP) is 3.72. The van der Waals surface area contributed by atoms with Crippen molar-refractivity contribution in [3.63, 3.8) is 0 Å². The molecule has 3 nitrogen and oxygen atoms in total. The first-order valence-electron chi connectivity index (χ1n) is 6.53. The van der Waals surface area contributed by atoms with Gasteiger partial charge in [-0.2, -0.15) is 0 Å². The summed E-state index contributed by atoms with van der Waals surface area (Å²) in [6.45, 7) is 1.96. The van der Waals surface area contributed by atoms with Gasteiger partial charge in [-0.25, -0.2) is 8.42 Å². The van der Waals surface area contributed by atoms with E-state index in [4.69, 9.17) is 0 Å². The van der Waals surface area contributed by atoms with Gasteiger partial charge in [-0.05, 0) is 36.3 Å². The fraction of sp³-hybridized carbons (Fsp3) is 0.125. The Hall–Kier alpha value is -1.72. The molecule has 5 heteroatoms. The molecule has 0 unspecified atom stereocenters. The van der Waals surface area contributed by atoms with Gasteiger partial charge in [0, 0.05) is 11.9 Å². The minimum Gasteiger partial charge on any atom is -0.263 e. The third-order valence-electron chi connectivity index (χ3n) is 3.35. The summed E-state index contributed by atoms with van der Waals surface area (Å²) in [6.07, 6.45) is 1.90. The van der Waals surface area contributed by atoms with E-state index in [-0.39, 0.29) is 0 Å². The number of benzene rings is 2. The smallest absolute Gasteiger partial charge is 0.263 e. The van der Waals surface area contributed by atoms with Crippen LogP contribution >= 0.6 is 11.8 Å². The fourth-order valence-corrected chi connectivity index (χ4v) is 5.11. The van der Waals surface area contributed by atoms with E-state index < -0.39 is 10.0 Å². The highest BCUT2D eigenvalue weighted by Gasteiger charge is 2.32. The minimum atomic E-state index is -3.46. The van der Waals surface area contributed by atoms with Crippen LogP contribution in [0.3, 0.4) is 0 Å². The average molecular weight is 317 g/mol. The Morgan fingerprint density at radius 2 is 1.81 bits per heavy atom. The van der Waals surface area contributed by atoms with Gasteiger partial charge >= 0.3 is 0 Å². The molecule has 2 aromatic carbocycles. The molecule has 0 amide bonds. The summed E-state index contributed by atoms with van der Waals surface area (Å²) in [7, 11) is -1.87. The van der Waals surface area contributed by atoms with Crippen molar-refractivity contribution in [3.8, 4) is 0 Å². The Kier molecular flexibility index (Phi) is 3.55. The number of rotatable bonds is 1. The van der Waals surface area contributed by atoms with Crippen molar-refractivity contribution in [2.24, 2.45) is 0 Å². The molecule has 1 aliphatic heterocycles. The molecule has 0 aliphatic carbocycles. The van der Waals surface area contributed by atoms with E-state index in [2.05, 4.69) is 0 Å². The molecule has 0 bridgehead atoms. The second kappa shape index (κ2) is 5.24. The zero-order valence-corrected chi connectivity index (χ0v) is 13.4. The molecule has 21 heavy (non-hydrogen) atoms. The Labute approximate surface area is 129 Å². The zero-order valence-electron chi connectivity index (χ0n) is 11.8. The van der Waals surface area contributed by atoms with Crippen molar-refractivity contribution in [1.82, 2.24) is 4.31 Å². The largest absolute Gasteiger partial charge is 0.265 e. The third-order valence-corrected chi connectivity index (χ3v) is 6.59. The van der Waals surface area contributed by atoms with Gasteiger partial charge in [0.15, 0.2) is 0 Å². The number of sulfonamides is 1. The molecule has 108 valence electrons. The van der Waals surface area contributed by atoms with Gasteiger partial charge in [0.25, 0.3) is 10.0 Å². The third kappa shape index (κ3) is 2.59. The molecule has 0 saturated heterocycles. The average Bonchev–Trinajstić information content (AvgIpc) is 2.45. The van der Waals surface area contributed by atoms with Gasteiger partial charge in [-0.1, -0.05) is 48.2 Å². The van der Waals surface area contributed by atoms with Crippen LogP contribution in [0.1, 0.15) is 11.1 Å². The first-order valence-corrected chi connectivity index (χ1v) is 8.78. The molecule has 0 saturated carbocycles. The summed E-state index contributed by atoms with van der Waals surface area (Å²) in [6, 6.07) is 15.2. The zero-order chi connectivity index (χ0) is 15.0. The molecule has 1 heterocycles. The highest BCUT2D eigenvalue weighted by molar-refractivity contribution is 8.05. The van der Waals surface area contributed by atoms with E-state index in [9.17, 15) is 8.42 Å². The van der Waals surface area contributed by atoms with E-state index in [0.717, 1.165) is 16.0 Å². The Balaban J connectivity index is 2.13. The Bertz CT molecular complexity index is 811. The van der Waals surface area contributed by atoms with Gasteiger partial charge in [0.2, 0.25) is 0 Å². The lowest BCUT2D eigenvalue weighted by Gasteiger charge is -2.28. The van der Waals surface area contributed by atoms with E-state index in [1.165, 1.54) is 16.1 Å². The van der Waals surface area contributed by atoms with Crippen LogP contribution in [0, 0.1) is 6.92 Å². The number of hydrogen-bond donors (Lipinski definition) is 0. The van der Waals surface area contributed by atoms with Crippen molar-refractivity contribution >= 4 is 27.9 Å². The molecule has 2 aromatic rings. The topological polar surface area (TPSA) is 37.4 Å². The second-order valence-corrected chi connectivity index (χ2v) is 7.92. The van der Waals surface area contributed by atoms with Crippen LogP contribution in [0.15, 0.2) is 63.4 Å². The normalized spacial score (nSPS) is 18.6. The number of fused-ring (bicyclic) bond motifs is 1. The first-order chi connectivity index (χ1) is 9.98. The van der Waals surface area contributed by atoms with Crippen LogP contribution in [-0.2, 0) is 10.0 Å². The van der Waals surface area contributed by atoms with E-state index >= 15 is 0 Å². The van der Waals surface area contributed by atoms with E-state index in [1.54, 1.807) is 13.1 Å². The fourth-order valence-electron chi connectivity index (χ4n) is 2.16. The highest BCUT2D eigenvalue weighted by atomic mass is 32.2. The molecule has 0 aromatic heterocycles. The quantitative estimate of drug-likeness (QED) is 0.804. The van der Waals surface area contributed by atoms with Gasteiger partial charge in [0.1, 0.15) is 4.90 Å². The Morgan fingerprint density at radius 1 is 1.10 bits per heavy atom. The number of thioether (sulfide) groups is 1. The summed E-state index contributed by atoms with van der Waals surface area (Å²) in [5.41, 5.74) is 2.04. The molecular weight excluding hydrogens is 302 g/mol. The van der Waals surface area contributed by atoms with Crippen molar-refractivity contribution in [3.05, 3.63) is 64.7 Å². The first kappa shape index (κ1) is 14.2. The van der Waals surface area contributed by atoms with Crippen LogP contribution in [0.4, 0.5) is 0 Å². The molecule has 0 spiro atoms. The van der Waals surface area contributed by atoms with Gasteiger partial charge < -0.3 is 0 Å². The van der Waals surface area contributed by atoms with Crippen molar-refractivity contribution in [2.45, 2.75) is 16.7 Å². The number of aryl methyl sites for hydroxylation is 1. The van der Waals surface area contributed by atoms with Crippen LogP contribution in [0.25, 0.3) is 6.08 Å². The summed E-state index contributed by atoms with van der Waals surface area (Å²) in [4.78, 5) is 1.17. The van der Waals surface area contributed by atoms with Crippen molar-refractivity contribution in [1.29, 1.82) is 0 Å². The van der Waals surface area contributed by atoms with Crippen LogP contribution < -0.4 is 0 Å². The summed E-state index contributed by atoms with van der Waals surface area (Å²) in [5, 5.41) is 0.708. The molecule has 0 radical (unpaired) electrons. The maximum Gasteiger partial charge on any atom is 0.265 e. The van der Waals surface area contributed by atoms with Crippen molar-refractivity contribution in [2.75, 3.05) is 7.05 Å². The molecule has 0 N–H and O–H groups in total. The Morgan fingerprint density at radius 3 is 2.52 bits per heavy atom. The molecule has 1 aliphatic rings. The van der Waals surface area contributed by atoms with Crippen LogP contribution in [0.5, 0.6) is 0 Å². The van der Waals surface area contributed by atoms with Crippen LogP contribution in [-0.4, -0.2) is 19.8 Å². The number of nitrogens with zero attached hydrogens (tertiary/aromatic N) is 1. The summed E-state index contributed by atoms with van der Waals surface area (Å²) < 4.78 is 26.5. The lowest BCUT2D eigenvalue weighted by atomic mass is 10.2. The molecule has 0 atom stereocenters. The minimum absolute atomic E-state index is 0.380. The predicted molar refractivity (Wildman–Crippen MR) is 86.4 cm³/mol. The highest BCUT2D eigenvalue weighted by Crippen LogP contribution is 2.42. The molecule has 3 rings (SSSR count). The molecule has 0 fully saturated rings. The number of hydrogen-bond acceptors (Lipinski definition) is 3. The van der Waals surface area contributed by atoms with Crippen LogP contribution in [0.2, 0.25) is 0 Å². The van der Waals surface area contributed by atoms with E-state index in [1.807, 2.05) is 55.5 Å². The van der Waals surface area contributed by atoms with E-state index in [0.29, 0.717) is 9.92 Å². The second-order valence-electron chi connectivity index (χ2n) is 4.92. The summed E-state index contributed by atoms with van der Waals surface area (Å²) >= 11 is 1.48. The summed E-state index contributed by atoms with van der Waals surface area (Å²) in [5.74, 6) is 0. The standard InChI is InChI=1S/C16H15NO2S2/c1-12-8-9-15-14(10-12)20-16(17(2)21(15,18)19)11-13-6-4-3-5-7-13/h3-11H,1-2H3/b16-11-. The lowest BCUT2D eigenvalue weighted by molar-refractivity contribution is 0.531. The lowest BCUT2D eigenvalue weighted by Crippen LogP contribution is -2.28. The van der Waals surface area contributed by atoms with Crippen molar-refractivity contribution < 1.29 is 8.42 Å². The SMILES string of the molecule is Cc1ccc2c(c1)S/C(=C\c1ccccc1)N(C)S2(=O)=O. The van der Waals surface area contributed by atoms with Gasteiger partial charge in [0.05, 0.1) is 5.03 Å². The molecular formula is C16H15NO2S2. The van der Waals surface area contributed by atoms with Gasteiger partial charge in [-0.3, -0.25) is 4.31 Å².